The number of hydrogen-bond acceptors (Lipinski definition) is 5. The Labute approximate surface area is 167 Å². The van der Waals surface area contributed by atoms with Gasteiger partial charge in [-0.05, 0) is 54.9 Å². The molecule has 0 unspecified atom stereocenters. The Morgan fingerprint density at radius 1 is 1.25 bits per heavy atom. The van der Waals surface area contributed by atoms with Crippen molar-refractivity contribution in [3.05, 3.63) is 29.8 Å². The maximum atomic E-state index is 12.8. The van der Waals surface area contributed by atoms with Gasteiger partial charge < -0.3 is 4.74 Å². The molecule has 1 aromatic carbocycles. The SMILES string of the molecule is CCCCOC(=O)c1ccc(NS(=O)(=O)C[C@@]23CC[C@H](CC2=O)C3(C)C)cc1. The van der Waals surface area contributed by atoms with Gasteiger partial charge in [-0.25, -0.2) is 13.2 Å². The number of ketones is 1. The fourth-order valence-electron chi connectivity index (χ4n) is 4.72. The molecule has 0 aliphatic heterocycles. The fourth-order valence-corrected chi connectivity index (χ4v) is 6.61. The number of benzene rings is 1. The summed E-state index contributed by atoms with van der Waals surface area (Å²) in [5.74, 6) is -0.266. The number of anilines is 1. The first-order valence-corrected chi connectivity index (χ1v) is 11.6. The Balaban J connectivity index is 1.68. The van der Waals surface area contributed by atoms with Crippen molar-refractivity contribution in [3.8, 4) is 0 Å². The molecule has 1 N–H and O–H groups in total. The lowest BCUT2D eigenvalue weighted by Crippen LogP contribution is -2.43. The fraction of sp³-hybridized carbons (Fsp3) is 0.619. The molecule has 2 saturated carbocycles. The maximum absolute atomic E-state index is 12.8. The molecule has 7 heteroatoms. The summed E-state index contributed by atoms with van der Waals surface area (Å²) in [5.41, 5.74) is -0.347. The average molecular weight is 408 g/mol. The smallest absolute Gasteiger partial charge is 0.338 e. The normalized spacial score (nSPS) is 25.7. The molecule has 2 fully saturated rings. The number of hydrogen-bond donors (Lipinski definition) is 1. The minimum atomic E-state index is -3.70. The molecular formula is C21H29NO5S. The number of rotatable bonds is 8. The van der Waals surface area contributed by atoms with Crippen LogP contribution in [-0.4, -0.2) is 32.5 Å². The summed E-state index contributed by atoms with van der Waals surface area (Å²) in [6, 6.07) is 6.18. The molecule has 0 radical (unpaired) electrons. The number of nitrogens with one attached hydrogen (secondary N) is 1. The molecule has 2 aliphatic carbocycles. The zero-order valence-corrected chi connectivity index (χ0v) is 17.6. The van der Waals surface area contributed by atoms with Crippen LogP contribution in [0.5, 0.6) is 0 Å². The lowest BCUT2D eigenvalue weighted by molar-refractivity contribution is -0.128. The topological polar surface area (TPSA) is 89.5 Å². The third-order valence-corrected chi connectivity index (χ3v) is 8.12. The van der Waals surface area contributed by atoms with Crippen LogP contribution >= 0.6 is 0 Å². The molecule has 0 spiro atoms. The van der Waals surface area contributed by atoms with Gasteiger partial charge >= 0.3 is 5.97 Å². The summed E-state index contributed by atoms with van der Waals surface area (Å²) in [7, 11) is -3.70. The maximum Gasteiger partial charge on any atom is 0.338 e. The number of Topliss-reactive ketones (excluding diaryl/α,β-unsaturated/α-hetero) is 1. The summed E-state index contributed by atoms with van der Waals surface area (Å²) in [4.78, 5) is 24.5. The molecule has 0 amide bonds. The molecule has 0 aromatic heterocycles. The zero-order valence-electron chi connectivity index (χ0n) is 16.8. The minimum absolute atomic E-state index is 0.0734. The Bertz CT molecular complexity index is 859. The number of carbonyl (C=O) groups is 2. The highest BCUT2D eigenvalue weighted by molar-refractivity contribution is 7.92. The van der Waals surface area contributed by atoms with Gasteiger partial charge in [0.1, 0.15) is 5.78 Å². The molecule has 2 aliphatic rings. The van der Waals surface area contributed by atoms with Crippen molar-refractivity contribution in [2.75, 3.05) is 17.1 Å². The van der Waals surface area contributed by atoms with Crippen LogP contribution in [0.1, 0.15) is 63.2 Å². The number of unbranched alkanes of at least 4 members (excludes halogenated alkanes) is 1. The van der Waals surface area contributed by atoms with Gasteiger partial charge in [0.15, 0.2) is 0 Å². The van der Waals surface area contributed by atoms with E-state index in [-0.39, 0.29) is 22.9 Å². The molecule has 1 aromatic rings. The molecule has 2 bridgehead atoms. The van der Waals surface area contributed by atoms with E-state index in [2.05, 4.69) is 4.72 Å². The number of sulfonamides is 1. The predicted molar refractivity (Wildman–Crippen MR) is 108 cm³/mol. The summed E-state index contributed by atoms with van der Waals surface area (Å²) in [6.45, 7) is 6.42. The molecule has 6 nitrogen and oxygen atoms in total. The van der Waals surface area contributed by atoms with E-state index in [4.69, 9.17) is 4.74 Å². The molecule has 0 heterocycles. The van der Waals surface area contributed by atoms with E-state index < -0.39 is 21.4 Å². The lowest BCUT2D eigenvalue weighted by Gasteiger charge is -2.36. The average Bonchev–Trinajstić information content (AvgIpc) is 2.96. The van der Waals surface area contributed by atoms with Crippen LogP contribution in [0.15, 0.2) is 24.3 Å². The van der Waals surface area contributed by atoms with E-state index in [9.17, 15) is 18.0 Å². The summed E-state index contributed by atoms with van der Waals surface area (Å²) >= 11 is 0. The lowest BCUT2D eigenvalue weighted by atomic mass is 9.70. The molecular weight excluding hydrogens is 378 g/mol. The van der Waals surface area contributed by atoms with Crippen molar-refractivity contribution in [3.63, 3.8) is 0 Å². The van der Waals surface area contributed by atoms with Crippen LogP contribution in [-0.2, 0) is 19.6 Å². The van der Waals surface area contributed by atoms with Crippen LogP contribution in [0.25, 0.3) is 0 Å². The van der Waals surface area contributed by atoms with E-state index in [1.807, 2.05) is 20.8 Å². The standard InChI is InChI=1S/C21H29NO5S/c1-4-5-12-27-19(24)15-6-8-17(9-7-15)22-28(25,26)14-21-11-10-16(13-18(21)23)20(21,2)3/h6-9,16,22H,4-5,10-14H2,1-3H3/t16-,21+/m1/s1. The quantitative estimate of drug-likeness (QED) is 0.523. The molecule has 3 rings (SSSR count). The van der Waals surface area contributed by atoms with Crippen molar-refractivity contribution in [2.45, 2.75) is 52.9 Å². The Morgan fingerprint density at radius 3 is 2.46 bits per heavy atom. The van der Waals surface area contributed by atoms with Gasteiger partial charge in [0.25, 0.3) is 0 Å². The van der Waals surface area contributed by atoms with Gasteiger partial charge in [-0.2, -0.15) is 0 Å². The Hall–Kier alpha value is -1.89. The summed E-state index contributed by atoms with van der Waals surface area (Å²) < 4.78 is 33.3. The van der Waals surface area contributed by atoms with Gasteiger partial charge in [-0.3, -0.25) is 9.52 Å². The highest BCUT2D eigenvalue weighted by atomic mass is 32.2. The zero-order chi connectivity index (χ0) is 20.6. The van der Waals surface area contributed by atoms with Gasteiger partial charge in [-0.15, -0.1) is 0 Å². The van der Waals surface area contributed by atoms with E-state index in [0.29, 0.717) is 30.7 Å². The van der Waals surface area contributed by atoms with Crippen LogP contribution < -0.4 is 4.72 Å². The van der Waals surface area contributed by atoms with Crippen molar-refractivity contribution < 1.29 is 22.7 Å². The summed E-state index contributed by atoms with van der Waals surface area (Å²) in [5, 5.41) is 0. The van der Waals surface area contributed by atoms with Crippen molar-refractivity contribution in [1.29, 1.82) is 0 Å². The van der Waals surface area contributed by atoms with Gasteiger partial charge in [0.2, 0.25) is 10.0 Å². The number of ether oxygens (including phenoxy) is 1. The second kappa shape index (κ2) is 7.50. The van der Waals surface area contributed by atoms with E-state index in [1.54, 1.807) is 24.3 Å². The monoisotopic (exact) mass is 407 g/mol. The number of carbonyl (C=O) groups excluding carboxylic acids is 2. The molecule has 2 atom stereocenters. The van der Waals surface area contributed by atoms with Crippen LogP contribution in [0.3, 0.4) is 0 Å². The van der Waals surface area contributed by atoms with Gasteiger partial charge in [0.05, 0.1) is 23.3 Å². The Kier molecular flexibility index (Phi) is 5.58. The second-order valence-electron chi connectivity index (χ2n) is 8.59. The third kappa shape index (κ3) is 3.69. The van der Waals surface area contributed by atoms with Crippen LogP contribution in [0, 0.1) is 16.7 Å². The first kappa shape index (κ1) is 20.8. The largest absolute Gasteiger partial charge is 0.462 e. The van der Waals surface area contributed by atoms with E-state index in [1.165, 1.54) is 0 Å². The third-order valence-electron chi connectivity index (χ3n) is 6.70. The minimum Gasteiger partial charge on any atom is -0.462 e. The van der Waals surface area contributed by atoms with Crippen LogP contribution in [0.2, 0.25) is 0 Å². The predicted octanol–water partition coefficient (Wildman–Crippen LogP) is 3.78. The molecule has 28 heavy (non-hydrogen) atoms. The van der Waals surface area contributed by atoms with Crippen molar-refractivity contribution >= 4 is 27.5 Å². The number of fused-ring (bicyclic) bond motifs is 2. The highest BCUT2D eigenvalue weighted by Crippen LogP contribution is 2.64. The van der Waals surface area contributed by atoms with Crippen LogP contribution in [0.4, 0.5) is 5.69 Å². The van der Waals surface area contributed by atoms with E-state index >= 15 is 0 Å². The van der Waals surface area contributed by atoms with Gasteiger partial charge in [-0.1, -0.05) is 27.2 Å². The summed E-state index contributed by atoms with van der Waals surface area (Å²) in [6.07, 6.45) is 3.77. The number of esters is 1. The van der Waals surface area contributed by atoms with Gasteiger partial charge in [0, 0.05) is 12.1 Å². The highest BCUT2D eigenvalue weighted by Gasteiger charge is 2.65. The second-order valence-corrected chi connectivity index (χ2v) is 10.3. The van der Waals surface area contributed by atoms with E-state index in [0.717, 1.165) is 19.3 Å². The first-order chi connectivity index (χ1) is 13.1. The Morgan fingerprint density at radius 2 is 1.93 bits per heavy atom. The first-order valence-electron chi connectivity index (χ1n) is 9.92. The molecule has 0 saturated heterocycles. The van der Waals surface area contributed by atoms with Crippen molar-refractivity contribution in [1.82, 2.24) is 0 Å². The molecule has 154 valence electrons. The van der Waals surface area contributed by atoms with Crippen molar-refractivity contribution in [2.24, 2.45) is 16.7 Å².